The number of benzene rings is 1. The van der Waals surface area contributed by atoms with Gasteiger partial charge in [-0.2, -0.15) is 18.0 Å². The number of aliphatic hydroxyl groups excluding tert-OH is 1. The van der Waals surface area contributed by atoms with Crippen molar-refractivity contribution in [1.29, 1.82) is 0 Å². The first-order valence-corrected chi connectivity index (χ1v) is 5.55. The maximum absolute atomic E-state index is 13.1. The van der Waals surface area contributed by atoms with Gasteiger partial charge in [0, 0.05) is 6.42 Å². The van der Waals surface area contributed by atoms with Crippen molar-refractivity contribution in [3.05, 3.63) is 41.0 Å². The summed E-state index contributed by atoms with van der Waals surface area (Å²) in [4.78, 5) is 1.11. The van der Waals surface area contributed by atoms with Crippen LogP contribution in [0.2, 0.25) is 0 Å². The molecule has 108 valence electrons. The van der Waals surface area contributed by atoms with E-state index < -0.39 is 29.2 Å². The zero-order valence-electron chi connectivity index (χ0n) is 10.3. The molecule has 0 amide bonds. The zero-order chi connectivity index (χ0) is 14.9. The Kier molecular flexibility index (Phi) is 3.71. The highest BCUT2D eigenvalue weighted by Crippen LogP contribution is 2.35. The molecule has 5 nitrogen and oxygen atoms in total. The largest absolute Gasteiger partial charge is 0.416 e. The minimum atomic E-state index is -4.68. The second-order valence-corrected chi connectivity index (χ2v) is 4.14. The van der Waals surface area contributed by atoms with E-state index in [-0.39, 0.29) is 12.2 Å². The number of aliphatic hydroxyl groups is 1. The van der Waals surface area contributed by atoms with Crippen LogP contribution in [0.5, 0.6) is 0 Å². The molecule has 0 fully saturated rings. The van der Waals surface area contributed by atoms with Crippen LogP contribution in [0.1, 0.15) is 23.1 Å². The summed E-state index contributed by atoms with van der Waals surface area (Å²) in [7, 11) is 1.48. The van der Waals surface area contributed by atoms with Crippen molar-refractivity contribution in [1.82, 2.24) is 20.2 Å². The molecular weight excluding hydrogens is 280 g/mol. The molecule has 0 radical (unpaired) electrons. The third-order valence-electron chi connectivity index (χ3n) is 2.60. The SMILES string of the molecule is Cn1nnc(CC(O)c2cc(F)ccc2C(F)(F)F)n1. The lowest BCUT2D eigenvalue weighted by Gasteiger charge is -2.16. The number of aryl methyl sites for hydroxylation is 1. The highest BCUT2D eigenvalue weighted by Gasteiger charge is 2.35. The van der Waals surface area contributed by atoms with E-state index in [0.29, 0.717) is 18.2 Å². The molecule has 0 saturated carbocycles. The number of aromatic nitrogens is 4. The lowest BCUT2D eigenvalue weighted by Crippen LogP contribution is -2.14. The molecule has 2 aromatic rings. The van der Waals surface area contributed by atoms with E-state index in [9.17, 15) is 22.7 Å². The number of rotatable bonds is 3. The Hall–Kier alpha value is -2.03. The quantitative estimate of drug-likeness (QED) is 0.873. The fourth-order valence-corrected chi connectivity index (χ4v) is 1.76. The van der Waals surface area contributed by atoms with Crippen LogP contribution in [-0.4, -0.2) is 25.3 Å². The third kappa shape index (κ3) is 3.10. The highest BCUT2D eigenvalue weighted by molar-refractivity contribution is 5.32. The summed E-state index contributed by atoms with van der Waals surface area (Å²) < 4.78 is 51.5. The summed E-state index contributed by atoms with van der Waals surface area (Å²) in [5.74, 6) is -0.795. The van der Waals surface area contributed by atoms with Crippen molar-refractivity contribution < 1.29 is 22.7 Å². The van der Waals surface area contributed by atoms with Gasteiger partial charge in [0.2, 0.25) is 0 Å². The van der Waals surface area contributed by atoms with Crippen LogP contribution < -0.4 is 0 Å². The Morgan fingerprint density at radius 2 is 2.05 bits per heavy atom. The smallest absolute Gasteiger partial charge is 0.388 e. The second-order valence-electron chi connectivity index (χ2n) is 4.14. The normalized spacial score (nSPS) is 13.5. The zero-order valence-corrected chi connectivity index (χ0v) is 10.3. The van der Waals surface area contributed by atoms with Gasteiger partial charge >= 0.3 is 6.18 Å². The second kappa shape index (κ2) is 5.16. The lowest BCUT2D eigenvalue weighted by molar-refractivity contribution is -0.139. The number of alkyl halides is 3. The highest BCUT2D eigenvalue weighted by atomic mass is 19.4. The Morgan fingerprint density at radius 3 is 2.60 bits per heavy atom. The summed E-state index contributed by atoms with van der Waals surface area (Å²) in [6.45, 7) is 0. The molecule has 0 saturated heterocycles. The maximum Gasteiger partial charge on any atom is 0.416 e. The van der Waals surface area contributed by atoms with Gasteiger partial charge < -0.3 is 5.11 Å². The van der Waals surface area contributed by atoms with Gasteiger partial charge in [-0.15, -0.1) is 10.2 Å². The summed E-state index contributed by atoms with van der Waals surface area (Å²) in [5, 5.41) is 20.7. The third-order valence-corrected chi connectivity index (χ3v) is 2.60. The molecule has 0 aliphatic carbocycles. The number of hydrogen-bond donors (Lipinski definition) is 1. The van der Waals surface area contributed by atoms with Crippen molar-refractivity contribution in [3.8, 4) is 0 Å². The van der Waals surface area contributed by atoms with Crippen molar-refractivity contribution >= 4 is 0 Å². The molecule has 1 N–H and O–H groups in total. The fraction of sp³-hybridized carbons (Fsp3) is 0.364. The van der Waals surface area contributed by atoms with E-state index in [1.54, 1.807) is 0 Å². The van der Waals surface area contributed by atoms with E-state index in [2.05, 4.69) is 15.4 Å². The van der Waals surface area contributed by atoms with Gasteiger partial charge in [-0.05, 0) is 29.0 Å². The summed E-state index contributed by atoms with van der Waals surface area (Å²) in [6.07, 6.45) is -6.55. The fourth-order valence-electron chi connectivity index (χ4n) is 1.76. The van der Waals surface area contributed by atoms with Crippen LogP contribution >= 0.6 is 0 Å². The van der Waals surface area contributed by atoms with E-state index >= 15 is 0 Å². The minimum Gasteiger partial charge on any atom is -0.388 e. The molecule has 0 aliphatic rings. The number of tetrazole rings is 1. The van der Waals surface area contributed by atoms with Crippen LogP contribution in [0.3, 0.4) is 0 Å². The monoisotopic (exact) mass is 290 g/mol. The molecule has 20 heavy (non-hydrogen) atoms. The van der Waals surface area contributed by atoms with Crippen molar-refractivity contribution in [2.45, 2.75) is 18.7 Å². The van der Waals surface area contributed by atoms with Gasteiger partial charge in [0.05, 0.1) is 18.7 Å². The van der Waals surface area contributed by atoms with Crippen molar-refractivity contribution in [2.75, 3.05) is 0 Å². The van der Waals surface area contributed by atoms with Gasteiger partial charge in [-0.1, -0.05) is 0 Å². The predicted molar refractivity (Wildman–Crippen MR) is 58.9 cm³/mol. The standard InChI is InChI=1S/C11H10F4N4O/c1-19-17-10(16-18-19)5-9(20)7-4-6(12)2-3-8(7)11(13,14)15/h2-4,9,20H,5H2,1H3. The number of halogens is 4. The van der Waals surface area contributed by atoms with Crippen LogP contribution in [-0.2, 0) is 19.6 Å². The molecule has 1 heterocycles. The van der Waals surface area contributed by atoms with Crippen LogP contribution in [0.4, 0.5) is 17.6 Å². The topological polar surface area (TPSA) is 63.8 Å². The molecule has 1 atom stereocenters. The van der Waals surface area contributed by atoms with E-state index in [1.807, 2.05) is 0 Å². The van der Waals surface area contributed by atoms with E-state index in [1.165, 1.54) is 7.05 Å². The maximum atomic E-state index is 13.1. The van der Waals surface area contributed by atoms with E-state index in [0.717, 1.165) is 4.80 Å². The summed E-state index contributed by atoms with van der Waals surface area (Å²) >= 11 is 0. The lowest BCUT2D eigenvalue weighted by atomic mass is 9.99. The molecule has 9 heteroatoms. The van der Waals surface area contributed by atoms with Gasteiger partial charge in [0.15, 0.2) is 5.82 Å². The first kappa shape index (κ1) is 14.4. The molecular formula is C11H10F4N4O. The minimum absolute atomic E-state index is 0.0670. The Labute approximate surface area is 110 Å². The average Bonchev–Trinajstić information content (AvgIpc) is 2.73. The van der Waals surface area contributed by atoms with Gasteiger partial charge in [-0.3, -0.25) is 0 Å². The molecule has 1 aromatic heterocycles. The van der Waals surface area contributed by atoms with Crippen LogP contribution in [0.25, 0.3) is 0 Å². The number of nitrogens with zero attached hydrogens (tertiary/aromatic N) is 4. The molecule has 1 aromatic carbocycles. The molecule has 0 spiro atoms. The van der Waals surface area contributed by atoms with Gasteiger partial charge in [-0.25, -0.2) is 4.39 Å². The van der Waals surface area contributed by atoms with Crippen molar-refractivity contribution in [2.24, 2.45) is 7.05 Å². The van der Waals surface area contributed by atoms with Crippen LogP contribution in [0, 0.1) is 5.82 Å². The molecule has 0 aliphatic heterocycles. The van der Waals surface area contributed by atoms with E-state index in [4.69, 9.17) is 0 Å². The predicted octanol–water partition coefficient (Wildman–Crippen LogP) is 1.64. The number of hydrogen-bond acceptors (Lipinski definition) is 4. The summed E-state index contributed by atoms with van der Waals surface area (Å²) in [5.41, 5.74) is -1.64. The molecule has 0 bridgehead atoms. The Balaban J connectivity index is 2.33. The van der Waals surface area contributed by atoms with Crippen LogP contribution in [0.15, 0.2) is 18.2 Å². The molecule has 1 unspecified atom stereocenters. The Bertz CT molecular complexity index is 611. The average molecular weight is 290 g/mol. The summed E-state index contributed by atoms with van der Waals surface area (Å²) in [6, 6.07) is 1.95. The first-order chi connectivity index (χ1) is 9.27. The van der Waals surface area contributed by atoms with Gasteiger partial charge in [0.1, 0.15) is 5.82 Å². The first-order valence-electron chi connectivity index (χ1n) is 5.55. The molecule has 2 rings (SSSR count). The van der Waals surface area contributed by atoms with Crippen molar-refractivity contribution in [3.63, 3.8) is 0 Å². The Morgan fingerprint density at radius 1 is 1.35 bits per heavy atom. The van der Waals surface area contributed by atoms with Gasteiger partial charge in [0.25, 0.3) is 0 Å².